The molecule has 2 heterocycles. The quantitative estimate of drug-likeness (QED) is 0.767. The maximum absolute atomic E-state index is 13.4. The molecule has 1 aromatic heterocycles. The van der Waals surface area contributed by atoms with Gasteiger partial charge in [-0.05, 0) is 24.6 Å². The van der Waals surface area contributed by atoms with Crippen LogP contribution in [-0.4, -0.2) is 51.1 Å². The highest BCUT2D eigenvalue weighted by atomic mass is 19.1. The third-order valence-electron chi connectivity index (χ3n) is 4.03. The van der Waals surface area contributed by atoms with E-state index in [-0.39, 0.29) is 23.4 Å². The number of aromatic nitrogens is 2. The van der Waals surface area contributed by atoms with Crippen LogP contribution in [0.4, 0.5) is 4.39 Å². The molecule has 24 heavy (non-hydrogen) atoms. The van der Waals surface area contributed by atoms with Gasteiger partial charge in [0.1, 0.15) is 5.82 Å². The first-order valence-corrected chi connectivity index (χ1v) is 7.56. The molecule has 1 fully saturated rings. The molecule has 0 spiro atoms. The van der Waals surface area contributed by atoms with Crippen molar-refractivity contribution in [2.24, 2.45) is 0 Å². The lowest BCUT2D eigenvalue weighted by molar-refractivity contribution is 0.0783. The Morgan fingerprint density at radius 1 is 1.42 bits per heavy atom. The predicted octanol–water partition coefficient (Wildman–Crippen LogP) is 0.686. The summed E-state index contributed by atoms with van der Waals surface area (Å²) in [6.07, 6.45) is 3.58. The molecule has 126 valence electrons. The van der Waals surface area contributed by atoms with Gasteiger partial charge >= 0.3 is 0 Å². The first-order valence-electron chi connectivity index (χ1n) is 7.56. The van der Waals surface area contributed by atoms with Crippen molar-refractivity contribution >= 4 is 11.8 Å². The summed E-state index contributed by atoms with van der Waals surface area (Å²) in [7, 11) is 0. The third-order valence-corrected chi connectivity index (χ3v) is 4.03. The molecule has 1 aliphatic heterocycles. The highest BCUT2D eigenvalue weighted by molar-refractivity contribution is 5.95. The molecule has 1 aromatic carbocycles. The van der Waals surface area contributed by atoms with Crippen LogP contribution in [0, 0.1) is 5.82 Å². The van der Waals surface area contributed by atoms with Crippen molar-refractivity contribution < 1.29 is 19.1 Å². The van der Waals surface area contributed by atoms with E-state index >= 15 is 0 Å². The number of hydrogen-bond donors (Lipinski definition) is 3. The van der Waals surface area contributed by atoms with Crippen LogP contribution in [0.5, 0.6) is 0 Å². The number of H-pyrrole nitrogens is 1. The molecule has 3 N–H and O–H groups in total. The fourth-order valence-corrected chi connectivity index (χ4v) is 2.72. The maximum Gasteiger partial charge on any atom is 0.254 e. The SMILES string of the molecule is O=C(N[C@H]1CCN(C(=O)c2ccc(F)c(CO)c2)C1)c1cn[nH]c1. The topological polar surface area (TPSA) is 98.3 Å². The van der Waals surface area contributed by atoms with Crippen LogP contribution in [0.3, 0.4) is 0 Å². The summed E-state index contributed by atoms with van der Waals surface area (Å²) in [5.74, 6) is -1.03. The van der Waals surface area contributed by atoms with Gasteiger partial charge in [-0.15, -0.1) is 0 Å². The largest absolute Gasteiger partial charge is 0.392 e. The fraction of sp³-hybridized carbons (Fsp3) is 0.312. The number of carbonyl (C=O) groups excluding carboxylic acids is 2. The van der Waals surface area contributed by atoms with Gasteiger partial charge in [-0.25, -0.2) is 4.39 Å². The van der Waals surface area contributed by atoms with Crippen LogP contribution in [0.25, 0.3) is 0 Å². The highest BCUT2D eigenvalue weighted by Gasteiger charge is 2.28. The molecule has 3 rings (SSSR count). The van der Waals surface area contributed by atoms with Gasteiger partial charge in [0.25, 0.3) is 11.8 Å². The van der Waals surface area contributed by atoms with Gasteiger partial charge in [-0.2, -0.15) is 5.10 Å². The molecule has 8 heteroatoms. The molecule has 0 aliphatic carbocycles. The van der Waals surface area contributed by atoms with E-state index in [1.807, 2.05) is 0 Å². The molecule has 0 radical (unpaired) electrons. The second kappa shape index (κ2) is 6.79. The normalized spacial score (nSPS) is 17.1. The van der Waals surface area contributed by atoms with Gasteiger partial charge in [0.2, 0.25) is 0 Å². The lowest BCUT2D eigenvalue weighted by atomic mass is 10.1. The number of aromatic amines is 1. The zero-order chi connectivity index (χ0) is 17.1. The molecule has 1 saturated heterocycles. The lowest BCUT2D eigenvalue weighted by Gasteiger charge is -2.17. The van der Waals surface area contributed by atoms with Gasteiger partial charge in [0.05, 0.1) is 18.4 Å². The van der Waals surface area contributed by atoms with Crippen molar-refractivity contribution in [2.75, 3.05) is 13.1 Å². The van der Waals surface area contributed by atoms with Gasteiger partial charge in [0, 0.05) is 36.5 Å². The van der Waals surface area contributed by atoms with Crippen LogP contribution in [-0.2, 0) is 6.61 Å². The number of hydrogen-bond acceptors (Lipinski definition) is 4. The number of likely N-dealkylation sites (tertiary alicyclic amines) is 1. The van der Waals surface area contributed by atoms with Crippen LogP contribution in [0.2, 0.25) is 0 Å². The Morgan fingerprint density at radius 2 is 2.25 bits per heavy atom. The fourth-order valence-electron chi connectivity index (χ4n) is 2.72. The number of aliphatic hydroxyl groups excluding tert-OH is 1. The number of rotatable bonds is 4. The molecule has 1 atom stereocenters. The summed E-state index contributed by atoms with van der Waals surface area (Å²) < 4.78 is 13.4. The summed E-state index contributed by atoms with van der Waals surface area (Å²) >= 11 is 0. The zero-order valence-electron chi connectivity index (χ0n) is 12.8. The smallest absolute Gasteiger partial charge is 0.254 e. The molecule has 0 unspecified atom stereocenters. The number of nitrogens with zero attached hydrogens (tertiary/aromatic N) is 2. The first kappa shape index (κ1) is 16.1. The number of amides is 2. The molecule has 2 amide bonds. The van der Waals surface area contributed by atoms with Gasteiger partial charge in [-0.3, -0.25) is 14.7 Å². The summed E-state index contributed by atoms with van der Waals surface area (Å²) in [6, 6.07) is 3.78. The van der Waals surface area contributed by atoms with E-state index in [0.717, 1.165) is 0 Å². The summed E-state index contributed by atoms with van der Waals surface area (Å²) in [6.45, 7) is 0.422. The van der Waals surface area contributed by atoms with Crippen molar-refractivity contribution in [1.82, 2.24) is 20.4 Å². The van der Waals surface area contributed by atoms with Gasteiger partial charge < -0.3 is 15.3 Å². The van der Waals surface area contributed by atoms with E-state index in [0.29, 0.717) is 30.6 Å². The van der Waals surface area contributed by atoms with Crippen molar-refractivity contribution in [2.45, 2.75) is 19.1 Å². The molecule has 2 aromatic rings. The van der Waals surface area contributed by atoms with E-state index in [1.54, 1.807) is 4.90 Å². The maximum atomic E-state index is 13.4. The van der Waals surface area contributed by atoms with Crippen LogP contribution in [0.1, 0.15) is 32.7 Å². The lowest BCUT2D eigenvalue weighted by Crippen LogP contribution is -2.38. The van der Waals surface area contributed by atoms with Crippen molar-refractivity contribution in [3.63, 3.8) is 0 Å². The number of nitrogens with one attached hydrogen (secondary N) is 2. The Morgan fingerprint density at radius 3 is 2.96 bits per heavy atom. The Bertz CT molecular complexity index is 748. The standard InChI is InChI=1S/C16H17FN4O3/c17-14-2-1-10(5-11(14)9-22)16(24)21-4-3-13(8-21)20-15(23)12-6-18-19-7-12/h1-2,5-7,13,22H,3-4,8-9H2,(H,18,19)(H,20,23)/t13-/m0/s1. The Balaban J connectivity index is 1.63. The van der Waals surface area contributed by atoms with Crippen LogP contribution < -0.4 is 5.32 Å². The Labute approximate surface area is 137 Å². The average molecular weight is 332 g/mol. The second-order valence-corrected chi connectivity index (χ2v) is 5.66. The number of carbonyl (C=O) groups is 2. The minimum absolute atomic E-state index is 0.0878. The van der Waals surface area contributed by atoms with E-state index in [4.69, 9.17) is 5.11 Å². The molecular formula is C16H17FN4O3. The van der Waals surface area contributed by atoms with Gasteiger partial charge in [0.15, 0.2) is 0 Å². The molecule has 1 aliphatic rings. The van der Waals surface area contributed by atoms with Crippen LogP contribution in [0.15, 0.2) is 30.6 Å². The monoisotopic (exact) mass is 332 g/mol. The number of halogens is 1. The predicted molar refractivity (Wildman–Crippen MR) is 82.7 cm³/mol. The summed E-state index contributed by atoms with van der Waals surface area (Å²) in [5.41, 5.74) is 0.845. The third kappa shape index (κ3) is 3.28. The van der Waals surface area contributed by atoms with E-state index < -0.39 is 12.4 Å². The summed E-state index contributed by atoms with van der Waals surface area (Å²) in [4.78, 5) is 26.1. The van der Waals surface area contributed by atoms with Gasteiger partial charge in [-0.1, -0.05) is 0 Å². The van der Waals surface area contributed by atoms with Crippen molar-refractivity contribution in [3.8, 4) is 0 Å². The Hall–Kier alpha value is -2.74. The van der Waals surface area contributed by atoms with Crippen molar-refractivity contribution in [3.05, 3.63) is 53.1 Å². The van der Waals surface area contributed by atoms with Crippen molar-refractivity contribution in [1.29, 1.82) is 0 Å². The molecule has 0 bridgehead atoms. The highest BCUT2D eigenvalue weighted by Crippen LogP contribution is 2.17. The summed E-state index contributed by atoms with van der Waals surface area (Å²) in [5, 5.41) is 18.3. The molecule has 7 nitrogen and oxygen atoms in total. The second-order valence-electron chi connectivity index (χ2n) is 5.66. The van der Waals surface area contributed by atoms with E-state index in [1.165, 1.54) is 30.6 Å². The zero-order valence-corrected chi connectivity index (χ0v) is 12.8. The minimum Gasteiger partial charge on any atom is -0.392 e. The Kier molecular flexibility index (Phi) is 4.57. The van der Waals surface area contributed by atoms with E-state index in [9.17, 15) is 14.0 Å². The van der Waals surface area contributed by atoms with Crippen LogP contribution >= 0.6 is 0 Å². The minimum atomic E-state index is -0.541. The number of aliphatic hydroxyl groups is 1. The molecule has 0 saturated carbocycles. The average Bonchev–Trinajstić information content (AvgIpc) is 3.26. The van der Waals surface area contributed by atoms with E-state index in [2.05, 4.69) is 15.5 Å². The first-order chi connectivity index (χ1) is 11.6. The number of benzene rings is 1. The molecular weight excluding hydrogens is 315 g/mol.